The van der Waals surface area contributed by atoms with E-state index in [2.05, 4.69) is 15.3 Å². The van der Waals surface area contributed by atoms with Crippen LogP contribution in [-0.2, 0) is 0 Å². The summed E-state index contributed by atoms with van der Waals surface area (Å²) in [6, 6.07) is 26.4. The molecule has 0 fully saturated rings. The number of nitrogens with one attached hydrogen (secondary N) is 1. The molecule has 1 amide bonds. The SMILES string of the molecule is C[C@H](NC(=O)c1cc(-c2ccccc2)cc2ncc(C(=O)c3ccc4ccncc4c3)n12)c1ccc(C(=O)O)cc1. The zero-order valence-corrected chi connectivity index (χ0v) is 22.0. The highest BCUT2D eigenvalue weighted by atomic mass is 16.4. The van der Waals surface area contributed by atoms with Crippen LogP contribution in [0.3, 0.4) is 0 Å². The molecule has 0 aliphatic rings. The van der Waals surface area contributed by atoms with Crippen LogP contribution in [0.25, 0.3) is 27.5 Å². The zero-order chi connectivity index (χ0) is 28.5. The molecule has 3 aromatic heterocycles. The first kappa shape index (κ1) is 25.6. The van der Waals surface area contributed by atoms with Gasteiger partial charge in [-0.2, -0.15) is 0 Å². The number of aromatic carboxylic acids is 1. The number of ketones is 1. The number of benzene rings is 3. The maximum Gasteiger partial charge on any atom is 0.335 e. The van der Waals surface area contributed by atoms with Gasteiger partial charge in [0.25, 0.3) is 5.91 Å². The molecule has 0 bridgehead atoms. The van der Waals surface area contributed by atoms with Crippen LogP contribution < -0.4 is 5.32 Å². The first-order valence-corrected chi connectivity index (χ1v) is 13.0. The zero-order valence-electron chi connectivity index (χ0n) is 22.0. The van der Waals surface area contributed by atoms with E-state index in [4.69, 9.17) is 0 Å². The molecule has 8 nitrogen and oxygen atoms in total. The van der Waals surface area contributed by atoms with E-state index >= 15 is 0 Å². The minimum absolute atomic E-state index is 0.163. The molecule has 0 aliphatic heterocycles. The molecule has 0 saturated heterocycles. The lowest BCUT2D eigenvalue weighted by molar-refractivity contribution is 0.0696. The summed E-state index contributed by atoms with van der Waals surface area (Å²) >= 11 is 0. The van der Waals surface area contributed by atoms with Crippen molar-refractivity contribution in [2.24, 2.45) is 0 Å². The Labute approximate surface area is 234 Å². The number of hydrogen-bond donors (Lipinski definition) is 2. The van der Waals surface area contributed by atoms with Crippen LogP contribution in [0.2, 0.25) is 0 Å². The van der Waals surface area contributed by atoms with Gasteiger partial charge in [-0.25, -0.2) is 9.78 Å². The fourth-order valence-electron chi connectivity index (χ4n) is 4.88. The van der Waals surface area contributed by atoms with Crippen molar-refractivity contribution in [2.45, 2.75) is 13.0 Å². The Bertz CT molecular complexity index is 1950. The van der Waals surface area contributed by atoms with Crippen LogP contribution in [0.4, 0.5) is 0 Å². The Hall–Kier alpha value is -5.63. The monoisotopic (exact) mass is 540 g/mol. The second-order valence-corrected chi connectivity index (χ2v) is 9.72. The average molecular weight is 541 g/mol. The fraction of sp³-hybridized carbons (Fsp3) is 0.0606. The lowest BCUT2D eigenvalue weighted by atomic mass is 10.0. The summed E-state index contributed by atoms with van der Waals surface area (Å²) in [4.78, 5) is 47.5. The van der Waals surface area contributed by atoms with Crippen molar-refractivity contribution in [3.05, 3.63) is 138 Å². The van der Waals surface area contributed by atoms with Gasteiger partial charge in [0.15, 0.2) is 0 Å². The Morgan fingerprint density at radius 2 is 1.54 bits per heavy atom. The Morgan fingerprint density at radius 1 is 0.780 bits per heavy atom. The van der Waals surface area contributed by atoms with Crippen molar-refractivity contribution in [3.63, 3.8) is 0 Å². The second-order valence-electron chi connectivity index (χ2n) is 9.72. The number of carboxylic acid groups (broad SMARTS) is 1. The summed E-state index contributed by atoms with van der Waals surface area (Å²) in [5, 5.41) is 14.0. The summed E-state index contributed by atoms with van der Waals surface area (Å²) in [6.07, 6.45) is 4.89. The molecule has 2 N–H and O–H groups in total. The van der Waals surface area contributed by atoms with Crippen LogP contribution in [0, 0.1) is 0 Å². The molecule has 0 spiro atoms. The molecule has 0 saturated carbocycles. The maximum absolute atomic E-state index is 13.8. The summed E-state index contributed by atoms with van der Waals surface area (Å²) in [6.45, 7) is 1.81. The standard InChI is InChI=1S/C33H24N4O4/c1-20(21-7-10-24(11-8-21)33(40)41)36-32(39)28-16-26(22-5-3-2-4-6-22)17-30-35-19-29(37(28)30)31(38)25-12-9-23-13-14-34-18-27(23)15-25/h2-20H,1H3,(H,36,39)(H,40,41)/t20-/m0/s1. The molecule has 3 heterocycles. The Morgan fingerprint density at radius 3 is 2.29 bits per heavy atom. The van der Waals surface area contributed by atoms with E-state index in [-0.39, 0.29) is 22.7 Å². The van der Waals surface area contributed by atoms with Crippen molar-refractivity contribution in [2.75, 3.05) is 0 Å². The topological polar surface area (TPSA) is 114 Å². The molecule has 6 rings (SSSR count). The largest absolute Gasteiger partial charge is 0.478 e. The van der Waals surface area contributed by atoms with Crippen LogP contribution in [-0.4, -0.2) is 37.1 Å². The fourth-order valence-corrected chi connectivity index (χ4v) is 4.88. The smallest absolute Gasteiger partial charge is 0.335 e. The van der Waals surface area contributed by atoms with Crippen molar-refractivity contribution >= 4 is 34.1 Å². The predicted octanol–water partition coefficient (Wildman–Crippen LogP) is 5.97. The van der Waals surface area contributed by atoms with Crippen LogP contribution >= 0.6 is 0 Å². The molecular formula is C33H24N4O4. The molecule has 8 heteroatoms. The first-order chi connectivity index (χ1) is 19.9. The van der Waals surface area contributed by atoms with Gasteiger partial charge in [0, 0.05) is 23.3 Å². The van der Waals surface area contributed by atoms with Gasteiger partial charge in [-0.1, -0.05) is 54.6 Å². The Balaban J connectivity index is 1.42. The van der Waals surface area contributed by atoms with Crippen molar-refractivity contribution < 1.29 is 19.5 Å². The van der Waals surface area contributed by atoms with E-state index in [1.807, 2.05) is 55.5 Å². The molecule has 0 radical (unpaired) electrons. The van der Waals surface area contributed by atoms with E-state index in [1.165, 1.54) is 18.3 Å². The predicted molar refractivity (Wildman–Crippen MR) is 155 cm³/mol. The number of rotatable bonds is 7. The quantitative estimate of drug-likeness (QED) is 0.241. The average Bonchev–Trinajstić information content (AvgIpc) is 3.44. The van der Waals surface area contributed by atoms with Gasteiger partial charge in [-0.05, 0) is 65.4 Å². The minimum Gasteiger partial charge on any atom is -0.478 e. The van der Waals surface area contributed by atoms with Gasteiger partial charge in [-0.15, -0.1) is 0 Å². The third kappa shape index (κ3) is 4.94. The summed E-state index contributed by atoms with van der Waals surface area (Å²) < 4.78 is 1.58. The van der Waals surface area contributed by atoms with E-state index in [0.717, 1.165) is 27.5 Å². The number of imidazole rings is 1. The third-order valence-electron chi connectivity index (χ3n) is 7.09. The van der Waals surface area contributed by atoms with E-state index in [9.17, 15) is 19.5 Å². The number of pyridine rings is 2. The lowest BCUT2D eigenvalue weighted by Crippen LogP contribution is -2.29. The number of hydrogen-bond acceptors (Lipinski definition) is 5. The van der Waals surface area contributed by atoms with Gasteiger partial charge < -0.3 is 10.4 Å². The number of nitrogens with zero attached hydrogens (tertiary/aromatic N) is 3. The van der Waals surface area contributed by atoms with Crippen molar-refractivity contribution in [3.8, 4) is 11.1 Å². The number of aromatic nitrogens is 3. The molecule has 0 aliphatic carbocycles. The van der Waals surface area contributed by atoms with Crippen LogP contribution in [0.5, 0.6) is 0 Å². The van der Waals surface area contributed by atoms with E-state index in [0.29, 0.717) is 11.2 Å². The normalized spacial score (nSPS) is 11.8. The summed E-state index contributed by atoms with van der Waals surface area (Å²) in [5.74, 6) is -1.70. The molecule has 0 unspecified atom stereocenters. The van der Waals surface area contributed by atoms with Crippen LogP contribution in [0.15, 0.2) is 110 Å². The molecule has 41 heavy (non-hydrogen) atoms. The molecule has 1 atom stereocenters. The highest BCUT2D eigenvalue weighted by molar-refractivity contribution is 6.10. The summed E-state index contributed by atoms with van der Waals surface area (Å²) in [5.41, 5.74) is 4.01. The number of carboxylic acids is 1. The van der Waals surface area contributed by atoms with Crippen molar-refractivity contribution in [1.82, 2.24) is 19.7 Å². The minimum atomic E-state index is -1.02. The highest BCUT2D eigenvalue weighted by Gasteiger charge is 2.22. The maximum atomic E-state index is 13.8. The van der Waals surface area contributed by atoms with Crippen molar-refractivity contribution in [1.29, 1.82) is 0 Å². The van der Waals surface area contributed by atoms with E-state index < -0.39 is 17.9 Å². The van der Waals surface area contributed by atoms with Crippen LogP contribution in [0.1, 0.15) is 55.4 Å². The van der Waals surface area contributed by atoms with Gasteiger partial charge >= 0.3 is 5.97 Å². The second kappa shape index (κ2) is 10.5. The molecule has 200 valence electrons. The first-order valence-electron chi connectivity index (χ1n) is 13.0. The lowest BCUT2D eigenvalue weighted by Gasteiger charge is -2.17. The number of carbonyl (C=O) groups excluding carboxylic acids is 2. The summed E-state index contributed by atoms with van der Waals surface area (Å²) in [7, 11) is 0. The van der Waals surface area contributed by atoms with Gasteiger partial charge in [-0.3, -0.25) is 19.0 Å². The highest BCUT2D eigenvalue weighted by Crippen LogP contribution is 2.26. The van der Waals surface area contributed by atoms with Gasteiger partial charge in [0.1, 0.15) is 17.0 Å². The van der Waals surface area contributed by atoms with Gasteiger partial charge in [0.2, 0.25) is 5.78 Å². The number of amides is 1. The number of fused-ring (bicyclic) bond motifs is 2. The Kier molecular flexibility index (Phi) is 6.57. The van der Waals surface area contributed by atoms with Gasteiger partial charge in [0.05, 0.1) is 17.8 Å². The molecule has 6 aromatic rings. The molecule has 3 aromatic carbocycles. The number of carbonyl (C=O) groups is 3. The van der Waals surface area contributed by atoms with E-state index in [1.54, 1.807) is 47.1 Å². The molecular weight excluding hydrogens is 516 g/mol. The third-order valence-corrected chi connectivity index (χ3v) is 7.09.